The fraction of sp³-hybridized carbons (Fsp3) is 0.316. The first-order chi connectivity index (χ1) is 12.0. The minimum Gasteiger partial charge on any atom is -0.339 e. The molecule has 2 aromatic rings. The number of rotatable bonds is 3. The van der Waals surface area contributed by atoms with Gasteiger partial charge in [-0.15, -0.1) is 0 Å². The highest BCUT2D eigenvalue weighted by atomic mass is 19.1. The van der Waals surface area contributed by atoms with E-state index in [-0.39, 0.29) is 17.4 Å². The van der Waals surface area contributed by atoms with Crippen LogP contribution in [0.5, 0.6) is 0 Å². The lowest BCUT2D eigenvalue weighted by atomic mass is 9.98. The van der Waals surface area contributed by atoms with Crippen LogP contribution in [0.2, 0.25) is 0 Å². The summed E-state index contributed by atoms with van der Waals surface area (Å²) in [4.78, 5) is 30.8. The van der Waals surface area contributed by atoms with E-state index in [4.69, 9.17) is 0 Å². The quantitative estimate of drug-likeness (QED) is 0.931. The lowest BCUT2D eigenvalue weighted by molar-refractivity contribution is 0.0697. The highest BCUT2D eigenvalue weighted by Crippen LogP contribution is 2.18. The summed E-state index contributed by atoms with van der Waals surface area (Å²) < 4.78 is 12.9. The van der Waals surface area contributed by atoms with Gasteiger partial charge in [-0.3, -0.25) is 14.6 Å². The van der Waals surface area contributed by atoms with E-state index >= 15 is 0 Å². The van der Waals surface area contributed by atoms with Crippen LogP contribution in [-0.4, -0.2) is 34.8 Å². The predicted octanol–water partition coefficient (Wildman–Crippen LogP) is 3.35. The van der Waals surface area contributed by atoms with Crippen LogP contribution in [0.1, 0.15) is 40.6 Å². The van der Waals surface area contributed by atoms with E-state index in [1.807, 2.05) is 4.90 Å². The first-order valence-electron chi connectivity index (χ1n) is 8.35. The number of aromatic nitrogens is 1. The second-order valence-electron chi connectivity index (χ2n) is 6.37. The van der Waals surface area contributed by atoms with Crippen molar-refractivity contribution >= 4 is 17.5 Å². The van der Waals surface area contributed by atoms with Crippen molar-refractivity contribution in [3.63, 3.8) is 0 Å². The number of likely N-dealkylation sites (tertiary alicyclic amines) is 1. The van der Waals surface area contributed by atoms with Crippen molar-refractivity contribution < 1.29 is 14.0 Å². The number of nitrogens with one attached hydrogen (secondary N) is 1. The summed E-state index contributed by atoms with van der Waals surface area (Å²) >= 11 is 0. The number of hydrogen-bond donors (Lipinski definition) is 1. The minimum absolute atomic E-state index is 0.0786. The Morgan fingerprint density at radius 3 is 2.52 bits per heavy atom. The average molecular weight is 341 g/mol. The molecule has 3 rings (SSSR count). The predicted molar refractivity (Wildman–Crippen MR) is 92.9 cm³/mol. The number of benzene rings is 1. The Morgan fingerprint density at radius 1 is 1.16 bits per heavy atom. The number of carbonyl (C=O) groups is 2. The summed E-state index contributed by atoms with van der Waals surface area (Å²) in [6.45, 7) is 3.66. The van der Waals surface area contributed by atoms with Crippen molar-refractivity contribution in [1.29, 1.82) is 0 Å². The number of nitrogens with zero attached hydrogens (tertiary/aromatic N) is 2. The van der Waals surface area contributed by atoms with Crippen LogP contribution >= 0.6 is 0 Å². The molecule has 1 fully saturated rings. The Morgan fingerprint density at radius 2 is 1.84 bits per heavy atom. The molecule has 0 spiro atoms. The monoisotopic (exact) mass is 341 g/mol. The van der Waals surface area contributed by atoms with Crippen molar-refractivity contribution in [1.82, 2.24) is 9.88 Å². The smallest absolute Gasteiger partial charge is 0.274 e. The summed E-state index contributed by atoms with van der Waals surface area (Å²) in [6, 6.07) is 8.59. The lowest BCUT2D eigenvalue weighted by Crippen LogP contribution is -2.38. The van der Waals surface area contributed by atoms with Crippen LogP contribution < -0.4 is 5.32 Å². The fourth-order valence-electron chi connectivity index (χ4n) is 2.81. The average Bonchev–Trinajstić information content (AvgIpc) is 2.64. The van der Waals surface area contributed by atoms with Gasteiger partial charge in [-0.05, 0) is 55.2 Å². The van der Waals surface area contributed by atoms with Crippen LogP contribution in [0.25, 0.3) is 0 Å². The van der Waals surface area contributed by atoms with Gasteiger partial charge in [0.15, 0.2) is 0 Å². The summed E-state index contributed by atoms with van der Waals surface area (Å²) in [7, 11) is 0. The Labute approximate surface area is 145 Å². The minimum atomic E-state index is -0.437. The molecule has 6 heteroatoms. The third-order valence-corrected chi connectivity index (χ3v) is 4.41. The SMILES string of the molecule is CC1CCN(C(=O)c2ccnc(C(=O)Nc3ccc(F)cc3)c2)CC1. The molecule has 1 saturated heterocycles. The van der Waals surface area contributed by atoms with E-state index in [2.05, 4.69) is 17.2 Å². The molecule has 5 nitrogen and oxygen atoms in total. The number of piperidine rings is 1. The molecule has 1 aliphatic heterocycles. The molecule has 1 N–H and O–H groups in total. The topological polar surface area (TPSA) is 62.3 Å². The van der Waals surface area contributed by atoms with Gasteiger partial charge >= 0.3 is 0 Å². The molecule has 25 heavy (non-hydrogen) atoms. The number of halogens is 1. The van der Waals surface area contributed by atoms with Gasteiger partial charge in [-0.2, -0.15) is 0 Å². The van der Waals surface area contributed by atoms with E-state index < -0.39 is 5.91 Å². The molecule has 2 amide bonds. The normalized spacial score (nSPS) is 15.0. The molecule has 2 heterocycles. The highest BCUT2D eigenvalue weighted by molar-refractivity contribution is 6.04. The summed E-state index contributed by atoms with van der Waals surface area (Å²) in [6.07, 6.45) is 3.45. The number of amides is 2. The Bertz CT molecular complexity index is 768. The zero-order valence-electron chi connectivity index (χ0n) is 14.0. The fourth-order valence-corrected chi connectivity index (χ4v) is 2.81. The van der Waals surface area contributed by atoms with Crippen LogP contribution in [0.4, 0.5) is 10.1 Å². The van der Waals surface area contributed by atoms with E-state index in [1.54, 1.807) is 6.07 Å². The Balaban J connectivity index is 1.71. The van der Waals surface area contributed by atoms with Gasteiger partial charge < -0.3 is 10.2 Å². The molecule has 0 bridgehead atoms. The van der Waals surface area contributed by atoms with E-state index in [0.29, 0.717) is 17.2 Å². The van der Waals surface area contributed by atoms with Crippen molar-refractivity contribution in [2.75, 3.05) is 18.4 Å². The van der Waals surface area contributed by atoms with Gasteiger partial charge in [-0.1, -0.05) is 6.92 Å². The van der Waals surface area contributed by atoms with Crippen LogP contribution in [0.15, 0.2) is 42.6 Å². The van der Waals surface area contributed by atoms with Gasteiger partial charge in [-0.25, -0.2) is 4.39 Å². The molecule has 0 radical (unpaired) electrons. The number of carbonyl (C=O) groups excluding carboxylic acids is 2. The molecular formula is C19H20FN3O2. The second kappa shape index (κ2) is 7.42. The molecule has 0 unspecified atom stereocenters. The molecule has 0 aliphatic carbocycles. The van der Waals surface area contributed by atoms with Gasteiger partial charge in [0.1, 0.15) is 11.5 Å². The summed E-state index contributed by atoms with van der Waals surface area (Å²) in [5.41, 5.74) is 1.07. The molecule has 0 saturated carbocycles. The molecule has 130 valence electrons. The van der Waals surface area contributed by atoms with Gasteiger partial charge in [0.25, 0.3) is 11.8 Å². The van der Waals surface area contributed by atoms with Crippen molar-refractivity contribution in [2.45, 2.75) is 19.8 Å². The van der Waals surface area contributed by atoms with Crippen LogP contribution in [0, 0.1) is 11.7 Å². The van der Waals surface area contributed by atoms with Crippen LogP contribution in [0.3, 0.4) is 0 Å². The van der Waals surface area contributed by atoms with Gasteiger partial charge in [0, 0.05) is 30.5 Å². The summed E-state index contributed by atoms with van der Waals surface area (Å²) in [5, 5.41) is 2.64. The summed E-state index contributed by atoms with van der Waals surface area (Å²) in [5.74, 6) is -0.253. The van der Waals surface area contributed by atoms with Gasteiger partial charge in [0.05, 0.1) is 0 Å². The molecule has 1 aromatic carbocycles. The number of pyridine rings is 1. The Hall–Kier alpha value is -2.76. The zero-order chi connectivity index (χ0) is 17.8. The maximum absolute atomic E-state index is 12.9. The molecule has 1 aliphatic rings. The second-order valence-corrected chi connectivity index (χ2v) is 6.37. The maximum Gasteiger partial charge on any atom is 0.274 e. The number of hydrogen-bond acceptors (Lipinski definition) is 3. The third kappa shape index (κ3) is 4.21. The van der Waals surface area contributed by atoms with Crippen molar-refractivity contribution in [3.05, 3.63) is 59.7 Å². The van der Waals surface area contributed by atoms with Gasteiger partial charge in [0.2, 0.25) is 0 Å². The van der Waals surface area contributed by atoms with Crippen molar-refractivity contribution in [2.24, 2.45) is 5.92 Å². The number of anilines is 1. The third-order valence-electron chi connectivity index (χ3n) is 4.41. The largest absolute Gasteiger partial charge is 0.339 e. The lowest BCUT2D eigenvalue weighted by Gasteiger charge is -2.30. The molecule has 1 aromatic heterocycles. The van der Waals surface area contributed by atoms with E-state index in [0.717, 1.165) is 25.9 Å². The Kier molecular flexibility index (Phi) is 5.07. The maximum atomic E-state index is 12.9. The highest BCUT2D eigenvalue weighted by Gasteiger charge is 2.22. The van der Waals surface area contributed by atoms with E-state index in [1.165, 1.54) is 36.5 Å². The molecular weight excluding hydrogens is 321 g/mol. The zero-order valence-corrected chi connectivity index (χ0v) is 14.0. The first kappa shape index (κ1) is 17.1. The first-order valence-corrected chi connectivity index (χ1v) is 8.35. The molecule has 0 atom stereocenters. The van der Waals surface area contributed by atoms with E-state index in [9.17, 15) is 14.0 Å². The van der Waals surface area contributed by atoms with Crippen LogP contribution in [-0.2, 0) is 0 Å². The standard InChI is InChI=1S/C19H20FN3O2/c1-13-7-10-23(11-8-13)19(25)14-6-9-21-17(12-14)18(24)22-16-4-2-15(20)3-5-16/h2-6,9,12-13H,7-8,10-11H2,1H3,(H,22,24). The van der Waals surface area contributed by atoms with Crippen molar-refractivity contribution in [3.8, 4) is 0 Å².